The Morgan fingerprint density at radius 3 is 2.00 bits per heavy atom. The van der Waals surface area contributed by atoms with Crippen molar-refractivity contribution in [2.45, 2.75) is 11.3 Å². The van der Waals surface area contributed by atoms with E-state index in [9.17, 15) is 9.59 Å². The molecule has 0 heterocycles. The molecule has 0 fully saturated rings. The molecule has 3 aromatic carbocycles. The van der Waals surface area contributed by atoms with Crippen LogP contribution in [0.3, 0.4) is 0 Å². The van der Waals surface area contributed by atoms with Gasteiger partial charge in [0.25, 0.3) is 11.8 Å². The molecule has 0 aromatic heterocycles. The molecule has 0 unspecified atom stereocenters. The van der Waals surface area contributed by atoms with Crippen molar-refractivity contribution in [3.8, 4) is 0 Å². The fourth-order valence-electron chi connectivity index (χ4n) is 2.58. The number of carbonyl (C=O) groups excluding carboxylic acids is 2. The monoisotopic (exact) mass is 390 g/mol. The number of anilines is 1. The molecule has 142 valence electrons. The summed E-state index contributed by atoms with van der Waals surface area (Å²) in [6, 6.07) is 26.1. The van der Waals surface area contributed by atoms with Crippen LogP contribution in [0.4, 0.5) is 5.69 Å². The molecular weight excluding hydrogens is 368 g/mol. The van der Waals surface area contributed by atoms with E-state index in [4.69, 9.17) is 0 Å². The minimum Gasteiger partial charge on any atom is -0.352 e. The van der Waals surface area contributed by atoms with Crippen molar-refractivity contribution in [1.82, 2.24) is 5.32 Å². The van der Waals surface area contributed by atoms with Crippen LogP contribution >= 0.6 is 11.8 Å². The van der Waals surface area contributed by atoms with Crippen molar-refractivity contribution in [3.05, 3.63) is 96.1 Å². The maximum Gasteiger partial charge on any atom is 0.255 e. The van der Waals surface area contributed by atoms with Gasteiger partial charge in [-0.3, -0.25) is 9.59 Å². The van der Waals surface area contributed by atoms with Gasteiger partial charge in [0.05, 0.1) is 0 Å². The fourth-order valence-corrected chi connectivity index (χ4v) is 3.45. The number of thioether (sulfide) groups is 1. The third-order valence-corrected chi connectivity index (χ3v) is 5.16. The van der Waals surface area contributed by atoms with Gasteiger partial charge in [0.1, 0.15) is 0 Å². The Hall–Kier alpha value is -3.05. The molecule has 28 heavy (non-hydrogen) atoms. The first kappa shape index (κ1) is 19.7. The first-order valence-electron chi connectivity index (χ1n) is 9.15. The van der Waals surface area contributed by atoms with Crippen molar-refractivity contribution in [2.24, 2.45) is 0 Å². The van der Waals surface area contributed by atoms with Gasteiger partial charge in [-0.15, -0.1) is 11.8 Å². The van der Waals surface area contributed by atoms with Crippen LogP contribution < -0.4 is 10.6 Å². The Bertz CT molecular complexity index is 897. The zero-order chi connectivity index (χ0) is 19.6. The van der Waals surface area contributed by atoms with E-state index >= 15 is 0 Å². The van der Waals surface area contributed by atoms with E-state index < -0.39 is 0 Å². The summed E-state index contributed by atoms with van der Waals surface area (Å²) in [5.41, 5.74) is 1.83. The molecule has 0 aliphatic rings. The lowest BCUT2D eigenvalue weighted by Crippen LogP contribution is -2.24. The number of rotatable bonds is 8. The lowest BCUT2D eigenvalue weighted by atomic mass is 10.1. The molecule has 0 saturated carbocycles. The maximum atomic E-state index is 12.2. The predicted molar refractivity (Wildman–Crippen MR) is 115 cm³/mol. The van der Waals surface area contributed by atoms with Crippen molar-refractivity contribution in [2.75, 3.05) is 17.6 Å². The van der Waals surface area contributed by atoms with Gasteiger partial charge in [0.2, 0.25) is 0 Å². The van der Waals surface area contributed by atoms with E-state index in [1.807, 2.05) is 36.4 Å². The molecule has 0 aliphatic carbocycles. The van der Waals surface area contributed by atoms with E-state index in [1.54, 1.807) is 48.2 Å². The third kappa shape index (κ3) is 5.99. The Kier molecular flexibility index (Phi) is 7.27. The SMILES string of the molecule is O=C(NCCCSc1ccccc1)c1ccc(NC(=O)c2ccccc2)cc1. The lowest BCUT2D eigenvalue weighted by Gasteiger charge is -2.08. The van der Waals surface area contributed by atoms with E-state index in [2.05, 4.69) is 22.8 Å². The van der Waals surface area contributed by atoms with Gasteiger partial charge >= 0.3 is 0 Å². The van der Waals surface area contributed by atoms with Gasteiger partial charge in [-0.25, -0.2) is 0 Å². The quantitative estimate of drug-likeness (QED) is 0.427. The van der Waals surface area contributed by atoms with Gasteiger partial charge in [0, 0.05) is 28.3 Å². The summed E-state index contributed by atoms with van der Waals surface area (Å²) in [7, 11) is 0. The summed E-state index contributed by atoms with van der Waals surface area (Å²) in [5.74, 6) is 0.675. The van der Waals surface area contributed by atoms with Crippen molar-refractivity contribution in [3.63, 3.8) is 0 Å². The van der Waals surface area contributed by atoms with Gasteiger partial charge in [0.15, 0.2) is 0 Å². The second-order valence-corrected chi connectivity index (χ2v) is 7.34. The van der Waals surface area contributed by atoms with Gasteiger partial charge in [-0.2, -0.15) is 0 Å². The zero-order valence-electron chi connectivity index (χ0n) is 15.4. The summed E-state index contributed by atoms with van der Waals surface area (Å²) in [4.78, 5) is 25.6. The third-order valence-electron chi connectivity index (χ3n) is 4.06. The number of hydrogen-bond donors (Lipinski definition) is 2. The summed E-state index contributed by atoms with van der Waals surface area (Å²) in [6.07, 6.45) is 0.899. The number of carbonyl (C=O) groups is 2. The van der Waals surface area contributed by atoms with Gasteiger partial charge in [-0.1, -0.05) is 36.4 Å². The topological polar surface area (TPSA) is 58.2 Å². The first-order valence-corrected chi connectivity index (χ1v) is 10.1. The fraction of sp³-hybridized carbons (Fsp3) is 0.130. The minimum atomic E-state index is -0.172. The number of hydrogen-bond acceptors (Lipinski definition) is 3. The Balaban J connectivity index is 1.41. The van der Waals surface area contributed by atoms with Crippen LogP contribution in [-0.4, -0.2) is 24.1 Å². The maximum absolute atomic E-state index is 12.2. The number of benzene rings is 3. The summed E-state index contributed by atoms with van der Waals surface area (Å²) in [5, 5.41) is 5.76. The molecule has 3 rings (SSSR count). The molecule has 0 aliphatic heterocycles. The second kappa shape index (κ2) is 10.3. The molecule has 5 heteroatoms. The number of nitrogens with one attached hydrogen (secondary N) is 2. The second-order valence-electron chi connectivity index (χ2n) is 6.17. The highest BCUT2D eigenvalue weighted by Crippen LogP contribution is 2.17. The highest BCUT2D eigenvalue weighted by Gasteiger charge is 2.07. The molecular formula is C23H22N2O2S. The Labute approximate surface area is 169 Å². The Morgan fingerprint density at radius 1 is 0.714 bits per heavy atom. The molecule has 3 aromatic rings. The van der Waals surface area contributed by atoms with Crippen molar-refractivity contribution >= 4 is 29.3 Å². The average Bonchev–Trinajstić information content (AvgIpc) is 2.75. The Morgan fingerprint density at radius 2 is 1.32 bits per heavy atom. The molecule has 0 atom stereocenters. The van der Waals surface area contributed by atoms with Gasteiger partial charge < -0.3 is 10.6 Å². The van der Waals surface area contributed by atoms with E-state index in [0.29, 0.717) is 23.4 Å². The van der Waals surface area contributed by atoms with Crippen LogP contribution in [0.25, 0.3) is 0 Å². The van der Waals surface area contributed by atoms with Crippen LogP contribution in [0.2, 0.25) is 0 Å². The van der Waals surface area contributed by atoms with Crippen LogP contribution in [0.15, 0.2) is 89.8 Å². The lowest BCUT2D eigenvalue weighted by molar-refractivity contribution is 0.0953. The largest absolute Gasteiger partial charge is 0.352 e. The summed E-state index contributed by atoms with van der Waals surface area (Å²) >= 11 is 1.78. The van der Waals surface area contributed by atoms with Crippen LogP contribution in [0.1, 0.15) is 27.1 Å². The van der Waals surface area contributed by atoms with Crippen LogP contribution in [0.5, 0.6) is 0 Å². The van der Waals surface area contributed by atoms with Crippen molar-refractivity contribution in [1.29, 1.82) is 0 Å². The smallest absolute Gasteiger partial charge is 0.255 e. The molecule has 0 spiro atoms. The zero-order valence-corrected chi connectivity index (χ0v) is 16.2. The van der Waals surface area contributed by atoms with E-state index in [0.717, 1.165) is 12.2 Å². The summed E-state index contributed by atoms with van der Waals surface area (Å²) < 4.78 is 0. The molecule has 0 radical (unpaired) electrons. The number of amides is 2. The van der Waals surface area contributed by atoms with Gasteiger partial charge in [-0.05, 0) is 60.7 Å². The molecule has 2 amide bonds. The molecule has 4 nitrogen and oxygen atoms in total. The molecule has 0 bridgehead atoms. The highest BCUT2D eigenvalue weighted by atomic mass is 32.2. The normalized spacial score (nSPS) is 10.3. The molecule has 2 N–H and O–H groups in total. The highest BCUT2D eigenvalue weighted by molar-refractivity contribution is 7.99. The van der Waals surface area contributed by atoms with Crippen LogP contribution in [-0.2, 0) is 0 Å². The minimum absolute atomic E-state index is 0.106. The van der Waals surface area contributed by atoms with Crippen molar-refractivity contribution < 1.29 is 9.59 Å². The van der Waals surface area contributed by atoms with E-state index in [1.165, 1.54) is 4.90 Å². The standard InChI is InChI=1S/C23H22N2O2S/c26-22(24-16-7-17-28-21-10-5-2-6-11-21)19-12-14-20(15-13-19)25-23(27)18-8-3-1-4-9-18/h1-6,8-15H,7,16-17H2,(H,24,26)(H,25,27). The molecule has 0 saturated heterocycles. The predicted octanol–water partition coefficient (Wildman–Crippen LogP) is 4.85. The first-order chi connectivity index (χ1) is 13.7. The summed E-state index contributed by atoms with van der Waals surface area (Å²) in [6.45, 7) is 0.630. The average molecular weight is 391 g/mol. The van der Waals surface area contributed by atoms with E-state index in [-0.39, 0.29) is 11.8 Å². The van der Waals surface area contributed by atoms with Crippen LogP contribution in [0, 0.1) is 0 Å².